The van der Waals surface area contributed by atoms with E-state index < -0.39 is 17.0 Å². The number of fused-ring (bicyclic) bond motifs is 4. The minimum absolute atomic E-state index is 0.0262. The van der Waals surface area contributed by atoms with Crippen molar-refractivity contribution in [3.8, 4) is 11.5 Å². The molecule has 0 heterocycles. The summed E-state index contributed by atoms with van der Waals surface area (Å²) < 4.78 is 0. The zero-order valence-corrected chi connectivity index (χ0v) is 15.5. The molecule has 28 heavy (non-hydrogen) atoms. The Labute approximate surface area is 161 Å². The van der Waals surface area contributed by atoms with Gasteiger partial charge < -0.3 is 15.9 Å². The van der Waals surface area contributed by atoms with Gasteiger partial charge in [0, 0.05) is 40.8 Å². The number of aromatic hydroxyl groups is 2. The monoisotopic (exact) mass is 377 g/mol. The van der Waals surface area contributed by atoms with Crippen molar-refractivity contribution in [2.75, 3.05) is 0 Å². The Morgan fingerprint density at radius 2 is 1.82 bits per heavy atom. The van der Waals surface area contributed by atoms with Crippen molar-refractivity contribution < 1.29 is 24.6 Å². The van der Waals surface area contributed by atoms with Crippen LogP contribution in [0.5, 0.6) is 11.5 Å². The molecule has 4 rings (SSSR count). The summed E-state index contributed by atoms with van der Waals surface area (Å²) in [5.41, 5.74) is 5.84. The van der Waals surface area contributed by atoms with Crippen LogP contribution >= 0.6 is 0 Å². The van der Waals surface area contributed by atoms with E-state index in [0.717, 1.165) is 0 Å². The Hall–Kier alpha value is -3.41. The second-order valence-electron chi connectivity index (χ2n) is 7.33. The van der Waals surface area contributed by atoms with Gasteiger partial charge in [0.2, 0.25) is 0 Å². The summed E-state index contributed by atoms with van der Waals surface area (Å²) >= 11 is 0. The molecular weight excluding hydrogens is 358 g/mol. The van der Waals surface area contributed by atoms with E-state index >= 15 is 0 Å². The fraction of sp³-hybridized carbons (Fsp3) is 0.227. The molecule has 0 aliphatic heterocycles. The summed E-state index contributed by atoms with van der Waals surface area (Å²) in [7, 11) is 0. The number of hydrogen-bond acceptors (Lipinski definition) is 6. The van der Waals surface area contributed by atoms with Crippen LogP contribution in [0.4, 0.5) is 0 Å². The second-order valence-corrected chi connectivity index (χ2v) is 7.33. The highest BCUT2D eigenvalue weighted by atomic mass is 16.3. The quantitative estimate of drug-likeness (QED) is 0.757. The van der Waals surface area contributed by atoms with Gasteiger partial charge in [-0.25, -0.2) is 0 Å². The van der Waals surface area contributed by atoms with Gasteiger partial charge in [-0.15, -0.1) is 0 Å². The molecule has 142 valence electrons. The summed E-state index contributed by atoms with van der Waals surface area (Å²) in [6, 6.07) is 7.43. The number of phenolic OH excluding ortho intramolecular Hbond substituents is 2. The molecule has 0 saturated carbocycles. The minimum atomic E-state index is -1.68. The molecule has 2 aliphatic rings. The first kappa shape index (κ1) is 18.0. The summed E-state index contributed by atoms with van der Waals surface area (Å²) in [4.78, 5) is 39.6. The fourth-order valence-corrected chi connectivity index (χ4v) is 4.46. The van der Waals surface area contributed by atoms with Crippen LogP contribution in [0.15, 0.2) is 35.9 Å². The van der Waals surface area contributed by atoms with Gasteiger partial charge in [-0.05, 0) is 30.7 Å². The number of aryl methyl sites for hydroxylation is 1. The van der Waals surface area contributed by atoms with Crippen molar-refractivity contribution in [3.63, 3.8) is 0 Å². The maximum absolute atomic E-state index is 13.7. The predicted molar refractivity (Wildman–Crippen MR) is 102 cm³/mol. The molecule has 6 heteroatoms. The van der Waals surface area contributed by atoms with Gasteiger partial charge in [0.15, 0.2) is 11.6 Å². The van der Waals surface area contributed by atoms with Gasteiger partial charge in [-0.2, -0.15) is 0 Å². The number of hydrogen-bond donors (Lipinski definition) is 3. The molecule has 0 radical (unpaired) electrons. The SMILES string of the molecule is CCC(=O)C[C@@]12C(=O)c3cccc(O)c3C(=O)C1=C(N)c1cc(C)cc(O)c12. The van der Waals surface area contributed by atoms with Crippen molar-refractivity contribution in [2.24, 2.45) is 5.73 Å². The van der Waals surface area contributed by atoms with Crippen LogP contribution in [0.2, 0.25) is 0 Å². The third-order valence-electron chi connectivity index (χ3n) is 5.66. The normalized spacial score (nSPS) is 20.1. The Bertz CT molecular complexity index is 1130. The highest BCUT2D eigenvalue weighted by Crippen LogP contribution is 2.56. The van der Waals surface area contributed by atoms with Crippen molar-refractivity contribution in [3.05, 3.63) is 63.7 Å². The molecule has 0 fully saturated rings. The third-order valence-corrected chi connectivity index (χ3v) is 5.66. The van der Waals surface area contributed by atoms with Crippen LogP contribution in [0, 0.1) is 6.92 Å². The number of rotatable bonds is 3. The molecule has 0 unspecified atom stereocenters. The molecule has 0 saturated heterocycles. The lowest BCUT2D eigenvalue weighted by molar-refractivity contribution is -0.119. The van der Waals surface area contributed by atoms with E-state index in [1.54, 1.807) is 19.9 Å². The van der Waals surface area contributed by atoms with E-state index in [4.69, 9.17) is 5.73 Å². The summed E-state index contributed by atoms with van der Waals surface area (Å²) in [5.74, 6) is -1.84. The molecule has 2 aromatic carbocycles. The summed E-state index contributed by atoms with van der Waals surface area (Å²) in [5, 5.41) is 20.9. The van der Waals surface area contributed by atoms with E-state index in [-0.39, 0.29) is 58.1 Å². The van der Waals surface area contributed by atoms with Gasteiger partial charge in [-0.1, -0.05) is 19.1 Å². The largest absolute Gasteiger partial charge is 0.508 e. The lowest BCUT2D eigenvalue weighted by atomic mass is 9.62. The summed E-state index contributed by atoms with van der Waals surface area (Å²) in [6.45, 7) is 3.43. The Balaban J connectivity index is 2.15. The Kier molecular flexibility index (Phi) is 3.72. The van der Waals surface area contributed by atoms with E-state index in [0.29, 0.717) is 11.1 Å². The zero-order chi connectivity index (χ0) is 20.4. The number of ketones is 3. The summed E-state index contributed by atoms with van der Waals surface area (Å²) in [6.07, 6.45) is -0.103. The molecule has 2 aliphatic carbocycles. The van der Waals surface area contributed by atoms with Gasteiger partial charge in [0.25, 0.3) is 0 Å². The standard InChI is InChI=1S/C22H19NO5/c1-3-11(24)9-22-17-13(7-10(2)8-15(17)26)19(23)18(22)20(27)16-12(21(22)28)5-4-6-14(16)25/h4-8,25-26H,3,9,23H2,1-2H3/t22-/m0/s1. The second kappa shape index (κ2) is 5.79. The number of benzene rings is 2. The van der Waals surface area contributed by atoms with Crippen LogP contribution < -0.4 is 5.73 Å². The average Bonchev–Trinajstić information content (AvgIpc) is 2.89. The van der Waals surface area contributed by atoms with Crippen molar-refractivity contribution in [1.29, 1.82) is 0 Å². The van der Waals surface area contributed by atoms with Crippen molar-refractivity contribution in [1.82, 2.24) is 0 Å². The lowest BCUT2D eigenvalue weighted by Gasteiger charge is -2.35. The molecule has 6 nitrogen and oxygen atoms in total. The van der Waals surface area contributed by atoms with Crippen LogP contribution in [-0.4, -0.2) is 27.6 Å². The van der Waals surface area contributed by atoms with Gasteiger partial charge in [-0.3, -0.25) is 14.4 Å². The van der Waals surface area contributed by atoms with E-state index in [1.807, 2.05) is 0 Å². The molecule has 2 aromatic rings. The number of carbonyl (C=O) groups excluding carboxylic acids is 3. The predicted octanol–water partition coefficient (Wildman–Crippen LogP) is 2.78. The lowest BCUT2D eigenvalue weighted by Crippen LogP contribution is -2.45. The first-order valence-corrected chi connectivity index (χ1v) is 9.01. The van der Waals surface area contributed by atoms with Crippen molar-refractivity contribution in [2.45, 2.75) is 32.1 Å². The van der Waals surface area contributed by atoms with E-state index in [2.05, 4.69) is 0 Å². The average molecular weight is 377 g/mol. The molecule has 0 bridgehead atoms. The van der Waals surface area contributed by atoms with Crippen LogP contribution in [0.3, 0.4) is 0 Å². The Morgan fingerprint density at radius 1 is 1.11 bits per heavy atom. The topological polar surface area (TPSA) is 118 Å². The van der Waals surface area contributed by atoms with E-state index in [1.165, 1.54) is 24.3 Å². The van der Waals surface area contributed by atoms with Crippen LogP contribution in [-0.2, 0) is 10.2 Å². The zero-order valence-electron chi connectivity index (χ0n) is 15.5. The molecule has 1 atom stereocenters. The number of carbonyl (C=O) groups is 3. The fourth-order valence-electron chi connectivity index (χ4n) is 4.46. The van der Waals surface area contributed by atoms with Crippen molar-refractivity contribution >= 4 is 23.0 Å². The number of Topliss-reactive ketones (excluding diaryl/α,β-unsaturated/α-hetero) is 3. The first-order chi connectivity index (χ1) is 13.2. The highest BCUT2D eigenvalue weighted by Gasteiger charge is 2.59. The van der Waals surface area contributed by atoms with Crippen LogP contribution in [0.25, 0.3) is 5.70 Å². The minimum Gasteiger partial charge on any atom is -0.508 e. The number of phenols is 2. The van der Waals surface area contributed by atoms with Gasteiger partial charge in [0.1, 0.15) is 22.7 Å². The molecule has 0 amide bonds. The molecule has 0 spiro atoms. The van der Waals surface area contributed by atoms with Gasteiger partial charge in [0.05, 0.1) is 5.56 Å². The number of allylic oxidation sites excluding steroid dienone is 1. The smallest absolute Gasteiger partial charge is 0.196 e. The van der Waals surface area contributed by atoms with Gasteiger partial charge >= 0.3 is 0 Å². The number of nitrogens with two attached hydrogens (primary N) is 1. The maximum atomic E-state index is 13.7. The van der Waals surface area contributed by atoms with E-state index in [9.17, 15) is 24.6 Å². The molecule has 4 N–H and O–H groups in total. The Morgan fingerprint density at radius 3 is 2.50 bits per heavy atom. The third kappa shape index (κ3) is 2.05. The molecule has 0 aromatic heterocycles. The highest BCUT2D eigenvalue weighted by molar-refractivity contribution is 6.33. The van der Waals surface area contributed by atoms with Crippen LogP contribution in [0.1, 0.15) is 57.2 Å². The maximum Gasteiger partial charge on any atom is 0.196 e. The molecular formula is C22H19NO5. The first-order valence-electron chi connectivity index (χ1n) is 9.01.